The molecule has 1 aromatic carbocycles. The van der Waals surface area contributed by atoms with Gasteiger partial charge in [-0.05, 0) is 50.5 Å². The van der Waals surface area contributed by atoms with Crippen LogP contribution in [0.15, 0.2) is 42.9 Å². The molecule has 21 nitrogen and oxygen atoms in total. The van der Waals surface area contributed by atoms with Crippen molar-refractivity contribution in [3.63, 3.8) is 0 Å². The minimum Gasteiger partial charge on any atom is -0.394 e. The first-order valence-electron chi connectivity index (χ1n) is 24.4. The number of aliphatic hydroxyl groups is 1. The van der Waals surface area contributed by atoms with Crippen LogP contribution < -0.4 is 22.1 Å². The molecule has 2 aromatic rings. The van der Waals surface area contributed by atoms with Crippen LogP contribution in [-0.2, 0) is 65.0 Å². The Morgan fingerprint density at radius 2 is 1.48 bits per heavy atom. The number of nitrogens with one attached hydrogen (secondary N) is 3. The van der Waals surface area contributed by atoms with E-state index in [0.717, 1.165) is 45.4 Å². The zero-order chi connectivity index (χ0) is 52.8. The van der Waals surface area contributed by atoms with Crippen LogP contribution in [0.5, 0.6) is 0 Å². The molecule has 0 aliphatic heterocycles. The number of imidazole rings is 1. The number of Topliss-reactive ketones (excluding diaryl/α,β-unsaturated/α-hetero) is 3. The van der Waals surface area contributed by atoms with Gasteiger partial charge in [0.1, 0.15) is 11.8 Å². The molecule has 0 radical (unpaired) electrons. The Hall–Kier alpha value is -4.38. The maximum Gasteiger partial charge on any atom is 0.469 e. The molecule has 71 heavy (non-hydrogen) atoms. The van der Waals surface area contributed by atoms with Crippen LogP contribution in [0.1, 0.15) is 109 Å². The van der Waals surface area contributed by atoms with Gasteiger partial charge in [0.15, 0.2) is 11.6 Å². The number of hydrogen-bond donors (Lipinski definition) is 9. The third-order valence-electron chi connectivity index (χ3n) is 11.6. The maximum atomic E-state index is 14.1. The summed E-state index contributed by atoms with van der Waals surface area (Å²) in [6.45, 7) is 4.76. The van der Waals surface area contributed by atoms with Crippen molar-refractivity contribution in [2.24, 2.45) is 29.2 Å². The second kappa shape index (κ2) is 34.9. The number of primary amides is 1. The number of carbonyl (C=O) groups excluding carboxylic acids is 7. The van der Waals surface area contributed by atoms with Crippen molar-refractivity contribution in [3.8, 4) is 0 Å². The molecule has 0 unspecified atom stereocenters. The number of aromatic nitrogens is 2. The lowest BCUT2D eigenvalue weighted by molar-refractivity contribution is -0.138. The lowest BCUT2D eigenvalue weighted by Crippen LogP contribution is -2.50. The molecule has 400 valence electrons. The Morgan fingerprint density at radius 1 is 0.831 bits per heavy atom. The van der Waals surface area contributed by atoms with Crippen LogP contribution in [0, 0.1) is 17.8 Å². The number of nitrogens with zero attached hydrogens (tertiary/aromatic N) is 2. The normalized spacial score (nSPS) is 14.2. The highest BCUT2D eigenvalue weighted by molar-refractivity contribution is 7.80. The van der Waals surface area contributed by atoms with Crippen molar-refractivity contribution in [1.82, 2.24) is 25.5 Å². The molecule has 0 saturated carbocycles. The molecule has 6 atom stereocenters. The number of hydrogen-bond acceptors (Lipinski definition) is 15. The lowest BCUT2D eigenvalue weighted by Gasteiger charge is -2.26. The summed E-state index contributed by atoms with van der Waals surface area (Å²) in [5.74, 6) is -6.83. The first-order chi connectivity index (χ1) is 33.7. The van der Waals surface area contributed by atoms with Gasteiger partial charge in [0.05, 0.1) is 75.7 Å². The summed E-state index contributed by atoms with van der Waals surface area (Å²) in [7, 11) is -5.08. The molecule has 0 bridgehead atoms. The van der Waals surface area contributed by atoms with Gasteiger partial charge in [-0.25, -0.2) is 9.55 Å². The standard InChI is InChI=1S/C48H78N7O14PS/c1-33(2)24-40(43(58)26-36(25-37-28-51-32-52-37)48(63)54-41(30-56)44(59)27-38(47(50)62)34(3)69-70(64,65)66)53-45(60)29-55(19-12-7-5-4-6-9-14-35-15-10-8-11-16-35)46(61)18-21-68-23-22-67-20-13-17-42(57)39(49)31-71/h8,10-11,15-16,28,32-34,36,38-41,56,71H,4-7,9,12-14,17-27,29-31,49H2,1-3H3,(H2,50,62)(H,51,52)(H,53,60)(H,54,63)(H2,64,65,66)/t34-,36-,38+,39+,40+,41+/m1/s1. The molecule has 1 aromatic heterocycles. The first kappa shape index (κ1) is 62.7. The number of unbranched alkanes of at least 4 members (excludes halogenated alkanes) is 5. The predicted molar refractivity (Wildman–Crippen MR) is 267 cm³/mol. The molecular weight excluding hydrogens is 962 g/mol. The maximum absolute atomic E-state index is 14.1. The molecular formula is C48H78N7O14PS. The van der Waals surface area contributed by atoms with E-state index in [1.54, 1.807) is 0 Å². The third kappa shape index (κ3) is 27.3. The SMILES string of the molecule is CC(C)C[C@H](NC(=O)CN(CCCCCCCCc1ccccc1)C(=O)CCOCCOCCCC(=O)[C@@H](N)CS)C(=O)C[C@@H](Cc1cnc[nH]1)C(=O)N[C@@H](CO)C(=O)C[C@H](C(N)=O)[C@@H](C)OP(=O)(O)O. The van der Waals surface area contributed by atoms with Crippen LogP contribution in [0.25, 0.3) is 0 Å². The highest BCUT2D eigenvalue weighted by Gasteiger charge is 2.36. The van der Waals surface area contributed by atoms with Gasteiger partial charge < -0.3 is 56.4 Å². The van der Waals surface area contributed by atoms with Crippen molar-refractivity contribution in [2.75, 3.05) is 51.9 Å². The number of benzene rings is 1. The van der Waals surface area contributed by atoms with Crippen LogP contribution in [0.4, 0.5) is 0 Å². The highest BCUT2D eigenvalue weighted by Crippen LogP contribution is 2.39. The van der Waals surface area contributed by atoms with Crippen LogP contribution in [0.3, 0.4) is 0 Å². The second-order valence-corrected chi connectivity index (χ2v) is 19.7. The summed E-state index contributed by atoms with van der Waals surface area (Å²) < 4.78 is 27.1. The van der Waals surface area contributed by atoms with Crippen molar-refractivity contribution in [1.29, 1.82) is 0 Å². The molecule has 0 aliphatic rings. The zero-order valence-electron chi connectivity index (χ0n) is 41.4. The minimum atomic E-state index is -5.08. The third-order valence-corrected chi connectivity index (χ3v) is 12.6. The van der Waals surface area contributed by atoms with Crippen molar-refractivity contribution >= 4 is 61.4 Å². The van der Waals surface area contributed by atoms with Crippen molar-refractivity contribution in [3.05, 3.63) is 54.1 Å². The number of ketones is 3. The van der Waals surface area contributed by atoms with E-state index in [9.17, 15) is 53.0 Å². The van der Waals surface area contributed by atoms with E-state index < -0.39 is 92.6 Å². The number of aryl methyl sites for hydroxylation is 1. The largest absolute Gasteiger partial charge is 0.469 e. The summed E-state index contributed by atoms with van der Waals surface area (Å²) in [6.07, 6.45) is 7.65. The first-order valence-corrected chi connectivity index (χ1v) is 26.5. The van der Waals surface area contributed by atoms with E-state index in [2.05, 4.69) is 49.9 Å². The van der Waals surface area contributed by atoms with E-state index in [1.165, 1.54) is 23.0 Å². The Kier molecular flexibility index (Phi) is 30.8. The number of aromatic amines is 1. The Bertz CT molecular complexity index is 1960. The topological polar surface area (TPSA) is 333 Å². The molecule has 0 saturated heterocycles. The molecule has 0 spiro atoms. The molecule has 10 N–H and O–H groups in total. The van der Waals surface area contributed by atoms with Crippen molar-refractivity contribution < 1.29 is 67.0 Å². The fraction of sp³-hybridized carbons (Fsp3) is 0.667. The summed E-state index contributed by atoms with van der Waals surface area (Å²) in [5, 5.41) is 15.4. The highest BCUT2D eigenvalue weighted by atomic mass is 32.1. The van der Waals surface area contributed by atoms with E-state index in [1.807, 2.05) is 32.0 Å². The number of phosphoric ester groups is 1. The molecule has 0 aliphatic carbocycles. The second-order valence-electron chi connectivity index (χ2n) is 18.1. The number of phosphoric acid groups is 1. The molecule has 0 fully saturated rings. The fourth-order valence-corrected chi connectivity index (χ4v) is 8.46. The van der Waals surface area contributed by atoms with E-state index in [-0.39, 0.29) is 75.4 Å². The van der Waals surface area contributed by atoms with Gasteiger partial charge in [0.25, 0.3) is 0 Å². The zero-order valence-corrected chi connectivity index (χ0v) is 43.2. The molecule has 23 heteroatoms. The van der Waals surface area contributed by atoms with Gasteiger partial charge in [0, 0.05) is 56.5 Å². The number of nitrogens with two attached hydrogens (primary N) is 2. The summed E-state index contributed by atoms with van der Waals surface area (Å²) >= 11 is 4.04. The lowest BCUT2D eigenvalue weighted by atomic mass is 9.89. The summed E-state index contributed by atoms with van der Waals surface area (Å²) in [5.41, 5.74) is 12.9. The molecule has 2 rings (SSSR count). The van der Waals surface area contributed by atoms with E-state index in [0.29, 0.717) is 31.7 Å². The summed E-state index contributed by atoms with van der Waals surface area (Å²) in [4.78, 5) is 119. The Labute approximate surface area is 422 Å². The Morgan fingerprint density at radius 3 is 2.08 bits per heavy atom. The number of rotatable bonds is 41. The fourth-order valence-electron chi connectivity index (χ4n) is 7.68. The van der Waals surface area contributed by atoms with Crippen LogP contribution >= 0.6 is 20.5 Å². The van der Waals surface area contributed by atoms with E-state index in [4.69, 9.17) is 20.9 Å². The Balaban J connectivity index is 2.13. The number of amides is 4. The number of thiol groups is 1. The number of H-pyrrole nitrogens is 1. The average molecular weight is 1040 g/mol. The van der Waals surface area contributed by atoms with Gasteiger partial charge in [-0.1, -0.05) is 69.9 Å². The van der Waals surface area contributed by atoms with Crippen LogP contribution in [0.2, 0.25) is 0 Å². The van der Waals surface area contributed by atoms with E-state index >= 15 is 0 Å². The van der Waals surface area contributed by atoms with Gasteiger partial charge in [-0.2, -0.15) is 12.6 Å². The summed E-state index contributed by atoms with van der Waals surface area (Å²) in [6, 6.07) is 7.01. The van der Waals surface area contributed by atoms with Gasteiger partial charge in [-0.3, -0.25) is 38.1 Å². The number of aliphatic hydroxyl groups excluding tert-OH is 1. The monoisotopic (exact) mass is 1040 g/mol. The number of carbonyl (C=O) groups is 7. The van der Waals surface area contributed by atoms with Crippen molar-refractivity contribution in [2.45, 2.75) is 135 Å². The smallest absolute Gasteiger partial charge is 0.394 e. The predicted octanol–water partition coefficient (Wildman–Crippen LogP) is 2.54. The minimum absolute atomic E-state index is 0.0116. The van der Waals surface area contributed by atoms with Gasteiger partial charge in [0.2, 0.25) is 23.6 Å². The average Bonchev–Trinajstić information content (AvgIpc) is 3.84. The molecule has 1 heterocycles. The molecule has 4 amide bonds. The quantitative estimate of drug-likeness (QED) is 0.0263. The van der Waals surface area contributed by atoms with Gasteiger partial charge in [-0.15, -0.1) is 0 Å². The number of ether oxygens (including phenoxy) is 2. The van der Waals surface area contributed by atoms with Crippen LogP contribution in [-0.4, -0.2) is 147 Å². The van der Waals surface area contributed by atoms with Gasteiger partial charge >= 0.3 is 7.82 Å².